The third-order valence-corrected chi connectivity index (χ3v) is 2.71. The molecule has 16 heavy (non-hydrogen) atoms. The van der Waals surface area contributed by atoms with E-state index in [1.165, 1.54) is 0 Å². The van der Waals surface area contributed by atoms with Crippen LogP contribution in [-0.4, -0.2) is 24.2 Å². The van der Waals surface area contributed by atoms with E-state index in [2.05, 4.69) is 11.9 Å². The average molecular weight is 221 g/mol. The van der Waals surface area contributed by atoms with Crippen LogP contribution in [0.3, 0.4) is 0 Å². The monoisotopic (exact) mass is 221 g/mol. The molecule has 1 aliphatic rings. The number of fused-ring (bicyclic) bond motifs is 1. The number of nitrogens with zero attached hydrogens (tertiary/aromatic N) is 1. The second-order valence-electron chi connectivity index (χ2n) is 3.97. The van der Waals surface area contributed by atoms with Gasteiger partial charge in [-0.25, -0.2) is 9.78 Å². The van der Waals surface area contributed by atoms with Crippen LogP contribution in [0.25, 0.3) is 0 Å². The summed E-state index contributed by atoms with van der Waals surface area (Å²) in [6.45, 7) is 6.78. The van der Waals surface area contributed by atoms with Crippen molar-refractivity contribution in [1.82, 2.24) is 4.98 Å². The Morgan fingerprint density at radius 3 is 3.12 bits per heavy atom. The van der Waals surface area contributed by atoms with Crippen molar-refractivity contribution < 1.29 is 14.3 Å². The molecule has 1 unspecified atom stereocenters. The molecule has 0 radical (unpaired) electrons. The summed E-state index contributed by atoms with van der Waals surface area (Å²) in [5.41, 5.74) is 2.44. The van der Waals surface area contributed by atoms with Crippen molar-refractivity contribution in [2.45, 2.75) is 26.7 Å². The summed E-state index contributed by atoms with van der Waals surface area (Å²) in [6, 6.07) is 0. The largest absolute Gasteiger partial charge is 0.490 e. The standard InChI is InChI=1S/C12H15NO3/c1-4-15-12(14)10-11-9(7(2)5-13-10)8(3)6-16-11/h5,8H,4,6H2,1-3H3. The first-order chi connectivity index (χ1) is 7.65. The summed E-state index contributed by atoms with van der Waals surface area (Å²) < 4.78 is 10.5. The third kappa shape index (κ3) is 1.64. The number of pyridine rings is 1. The molecule has 0 spiro atoms. The maximum atomic E-state index is 11.7. The van der Waals surface area contributed by atoms with Crippen molar-refractivity contribution in [2.75, 3.05) is 13.2 Å². The van der Waals surface area contributed by atoms with Gasteiger partial charge in [0.15, 0.2) is 11.4 Å². The number of hydrogen-bond donors (Lipinski definition) is 0. The van der Waals surface area contributed by atoms with E-state index in [0.29, 0.717) is 30.6 Å². The molecule has 0 amide bonds. The number of carbonyl (C=O) groups excluding carboxylic acids is 1. The van der Waals surface area contributed by atoms with Crippen LogP contribution in [0.1, 0.15) is 41.4 Å². The summed E-state index contributed by atoms with van der Waals surface area (Å²) in [4.78, 5) is 15.8. The summed E-state index contributed by atoms with van der Waals surface area (Å²) in [7, 11) is 0. The number of carbonyl (C=O) groups is 1. The van der Waals surface area contributed by atoms with Gasteiger partial charge in [-0.05, 0) is 19.4 Å². The van der Waals surface area contributed by atoms with E-state index in [1.807, 2.05) is 6.92 Å². The first-order valence-corrected chi connectivity index (χ1v) is 5.44. The Labute approximate surface area is 94.6 Å². The molecule has 0 bridgehead atoms. The molecule has 0 saturated heterocycles. The lowest BCUT2D eigenvalue weighted by Crippen LogP contribution is -2.09. The van der Waals surface area contributed by atoms with Crippen LogP contribution in [0.15, 0.2) is 6.20 Å². The van der Waals surface area contributed by atoms with Gasteiger partial charge in [0.25, 0.3) is 0 Å². The molecule has 86 valence electrons. The van der Waals surface area contributed by atoms with E-state index < -0.39 is 5.97 Å². The molecule has 1 aliphatic heterocycles. The minimum absolute atomic E-state index is 0.298. The zero-order valence-corrected chi connectivity index (χ0v) is 9.74. The number of esters is 1. The minimum Gasteiger partial charge on any atom is -0.490 e. The molecule has 1 aromatic rings. The Hall–Kier alpha value is -1.58. The van der Waals surface area contributed by atoms with Crippen molar-refractivity contribution in [2.24, 2.45) is 0 Å². The Morgan fingerprint density at radius 2 is 2.44 bits per heavy atom. The predicted molar refractivity (Wildman–Crippen MR) is 58.8 cm³/mol. The van der Waals surface area contributed by atoms with E-state index in [1.54, 1.807) is 13.1 Å². The normalized spacial score (nSPS) is 17.8. The predicted octanol–water partition coefficient (Wildman–Crippen LogP) is 2.06. The highest BCUT2D eigenvalue weighted by Crippen LogP contribution is 2.37. The van der Waals surface area contributed by atoms with Gasteiger partial charge in [0.05, 0.1) is 13.2 Å². The molecule has 2 rings (SSSR count). The molecule has 4 heteroatoms. The van der Waals surface area contributed by atoms with Crippen LogP contribution in [0.2, 0.25) is 0 Å². The van der Waals surface area contributed by atoms with E-state index in [-0.39, 0.29) is 0 Å². The van der Waals surface area contributed by atoms with Crippen molar-refractivity contribution in [3.63, 3.8) is 0 Å². The van der Waals surface area contributed by atoms with Gasteiger partial charge in [-0.1, -0.05) is 6.92 Å². The molecular weight excluding hydrogens is 206 g/mol. The van der Waals surface area contributed by atoms with Crippen LogP contribution in [0.4, 0.5) is 0 Å². The highest BCUT2D eigenvalue weighted by atomic mass is 16.5. The molecule has 1 atom stereocenters. The van der Waals surface area contributed by atoms with Crippen LogP contribution in [0.5, 0.6) is 5.75 Å². The minimum atomic E-state index is -0.409. The van der Waals surface area contributed by atoms with E-state index >= 15 is 0 Å². The van der Waals surface area contributed by atoms with E-state index in [0.717, 1.165) is 11.1 Å². The fraction of sp³-hybridized carbons (Fsp3) is 0.500. The summed E-state index contributed by atoms with van der Waals surface area (Å²) in [5.74, 6) is 0.505. The number of rotatable bonds is 2. The molecule has 0 fully saturated rings. The summed E-state index contributed by atoms with van der Waals surface area (Å²) in [5, 5.41) is 0. The Morgan fingerprint density at radius 1 is 1.69 bits per heavy atom. The maximum Gasteiger partial charge on any atom is 0.360 e. The van der Waals surface area contributed by atoms with Gasteiger partial charge in [-0.2, -0.15) is 0 Å². The fourth-order valence-corrected chi connectivity index (χ4v) is 1.99. The topological polar surface area (TPSA) is 48.4 Å². The smallest absolute Gasteiger partial charge is 0.360 e. The van der Waals surface area contributed by atoms with Gasteiger partial charge in [0, 0.05) is 17.7 Å². The molecule has 0 saturated carbocycles. The lowest BCUT2D eigenvalue weighted by atomic mass is 9.99. The first kappa shape index (κ1) is 10.9. The van der Waals surface area contributed by atoms with Gasteiger partial charge in [0.2, 0.25) is 0 Å². The quantitative estimate of drug-likeness (QED) is 0.717. The van der Waals surface area contributed by atoms with Gasteiger partial charge in [-0.3, -0.25) is 0 Å². The van der Waals surface area contributed by atoms with Crippen LogP contribution < -0.4 is 4.74 Å². The van der Waals surface area contributed by atoms with E-state index in [4.69, 9.17) is 9.47 Å². The molecule has 0 N–H and O–H groups in total. The average Bonchev–Trinajstić information content (AvgIpc) is 2.62. The second-order valence-corrected chi connectivity index (χ2v) is 3.97. The lowest BCUT2D eigenvalue weighted by Gasteiger charge is -2.08. The fourth-order valence-electron chi connectivity index (χ4n) is 1.99. The number of ether oxygens (including phenoxy) is 2. The second kappa shape index (κ2) is 4.12. The SMILES string of the molecule is CCOC(=O)c1ncc(C)c2c1OCC2C. The molecular formula is C12H15NO3. The zero-order chi connectivity index (χ0) is 11.7. The van der Waals surface area contributed by atoms with Crippen molar-refractivity contribution in [3.8, 4) is 5.75 Å². The van der Waals surface area contributed by atoms with Crippen molar-refractivity contribution in [3.05, 3.63) is 23.0 Å². The van der Waals surface area contributed by atoms with Gasteiger partial charge >= 0.3 is 5.97 Å². The summed E-state index contributed by atoms with van der Waals surface area (Å²) in [6.07, 6.45) is 1.70. The molecule has 1 aromatic heterocycles. The highest BCUT2D eigenvalue weighted by Gasteiger charge is 2.29. The first-order valence-electron chi connectivity index (χ1n) is 5.44. The Balaban J connectivity index is 2.46. The van der Waals surface area contributed by atoms with Crippen LogP contribution >= 0.6 is 0 Å². The number of aromatic nitrogens is 1. The molecule has 2 heterocycles. The summed E-state index contributed by atoms with van der Waals surface area (Å²) >= 11 is 0. The molecule has 4 nitrogen and oxygen atoms in total. The highest BCUT2D eigenvalue weighted by molar-refractivity contribution is 5.91. The van der Waals surface area contributed by atoms with Gasteiger partial charge in [0.1, 0.15) is 0 Å². The van der Waals surface area contributed by atoms with Crippen molar-refractivity contribution >= 4 is 5.97 Å². The Kier molecular flexibility index (Phi) is 2.81. The Bertz CT molecular complexity index is 429. The maximum absolute atomic E-state index is 11.7. The van der Waals surface area contributed by atoms with Crippen LogP contribution in [0, 0.1) is 6.92 Å². The lowest BCUT2D eigenvalue weighted by molar-refractivity contribution is 0.0515. The van der Waals surface area contributed by atoms with Crippen LogP contribution in [-0.2, 0) is 4.74 Å². The van der Waals surface area contributed by atoms with Crippen molar-refractivity contribution in [1.29, 1.82) is 0 Å². The van der Waals surface area contributed by atoms with E-state index in [9.17, 15) is 4.79 Å². The zero-order valence-electron chi connectivity index (χ0n) is 9.74. The van der Waals surface area contributed by atoms with Gasteiger partial charge < -0.3 is 9.47 Å². The number of hydrogen-bond acceptors (Lipinski definition) is 4. The van der Waals surface area contributed by atoms with Gasteiger partial charge in [-0.15, -0.1) is 0 Å². The third-order valence-electron chi connectivity index (χ3n) is 2.71. The molecule has 0 aliphatic carbocycles. The molecule has 0 aromatic carbocycles. The number of aryl methyl sites for hydroxylation is 1.